The predicted octanol–water partition coefficient (Wildman–Crippen LogP) is 4.99. The first kappa shape index (κ1) is 22.9. The van der Waals surface area contributed by atoms with Gasteiger partial charge in [0.2, 0.25) is 0 Å². The van der Waals surface area contributed by atoms with E-state index in [9.17, 15) is 31.9 Å². The van der Waals surface area contributed by atoms with E-state index >= 15 is 0 Å². The third-order valence-corrected chi connectivity index (χ3v) is 4.43. The number of hydrogen-bond donors (Lipinski definition) is 3. The first-order valence-electron chi connectivity index (χ1n) is 8.34. The molecule has 2 aromatic carbocycles. The van der Waals surface area contributed by atoms with E-state index in [1.807, 2.05) is 0 Å². The van der Waals surface area contributed by atoms with Crippen molar-refractivity contribution >= 4 is 17.7 Å². The van der Waals surface area contributed by atoms with Crippen molar-refractivity contribution in [1.29, 1.82) is 0 Å². The zero-order valence-corrected chi connectivity index (χ0v) is 15.5. The lowest BCUT2D eigenvalue weighted by atomic mass is 9.95. The number of aliphatic hydroxyl groups excluding tert-OH is 1. The van der Waals surface area contributed by atoms with Crippen LogP contribution in [0.4, 0.5) is 26.7 Å². The molecule has 2 rings (SSSR count). The minimum Gasteiger partial charge on any atom is -0.465 e. The smallest absolute Gasteiger partial charge is 0.453 e. The minimum absolute atomic E-state index is 0.0318. The lowest BCUT2D eigenvalue weighted by Crippen LogP contribution is -2.40. The van der Waals surface area contributed by atoms with Crippen LogP contribution in [0.2, 0.25) is 5.02 Å². The Morgan fingerprint density at radius 1 is 1.03 bits per heavy atom. The summed E-state index contributed by atoms with van der Waals surface area (Å²) in [6.07, 6.45) is -9.84. The first-order valence-corrected chi connectivity index (χ1v) is 8.72. The summed E-state index contributed by atoms with van der Waals surface area (Å²) in [5.74, 6) is -4.86. The number of aliphatic hydroxyl groups is 1. The molecule has 0 aliphatic rings. The van der Waals surface area contributed by atoms with Crippen LogP contribution in [-0.4, -0.2) is 34.4 Å². The molecule has 0 saturated heterocycles. The van der Waals surface area contributed by atoms with Crippen LogP contribution < -0.4 is 5.32 Å². The van der Waals surface area contributed by atoms with Gasteiger partial charge >= 0.3 is 18.2 Å². The topological polar surface area (TPSA) is 69.6 Å². The van der Waals surface area contributed by atoms with Crippen LogP contribution in [0.5, 0.6) is 0 Å². The maximum Gasteiger partial charge on any atom is 0.453 e. The second-order valence-corrected chi connectivity index (χ2v) is 6.89. The summed E-state index contributed by atoms with van der Waals surface area (Å²) < 4.78 is 63.3. The molecule has 1 amide bonds. The molecule has 0 aliphatic carbocycles. The second-order valence-electron chi connectivity index (χ2n) is 6.46. The van der Waals surface area contributed by atoms with Gasteiger partial charge < -0.3 is 15.5 Å². The Balaban J connectivity index is 2.16. The summed E-state index contributed by atoms with van der Waals surface area (Å²) >= 11 is 5.87. The van der Waals surface area contributed by atoms with Gasteiger partial charge in [0.1, 0.15) is 0 Å². The summed E-state index contributed by atoms with van der Waals surface area (Å²) in [7, 11) is 0. The van der Waals surface area contributed by atoms with Crippen molar-refractivity contribution in [2.24, 2.45) is 0 Å². The van der Waals surface area contributed by atoms with Crippen molar-refractivity contribution in [3.05, 3.63) is 70.2 Å². The van der Waals surface area contributed by atoms with Crippen molar-refractivity contribution in [3.8, 4) is 0 Å². The van der Waals surface area contributed by atoms with Crippen molar-refractivity contribution in [2.45, 2.75) is 37.1 Å². The molecule has 3 N–H and O–H groups in total. The largest absolute Gasteiger partial charge is 0.465 e. The summed E-state index contributed by atoms with van der Waals surface area (Å²) in [4.78, 5) is 11.1. The van der Waals surface area contributed by atoms with Crippen molar-refractivity contribution in [3.63, 3.8) is 0 Å². The van der Waals surface area contributed by atoms with Crippen LogP contribution in [0.3, 0.4) is 0 Å². The van der Waals surface area contributed by atoms with E-state index in [0.29, 0.717) is 16.1 Å². The molecule has 0 saturated carbocycles. The molecular formula is C19H17ClF5NO3. The highest BCUT2D eigenvalue weighted by Crippen LogP contribution is 2.38. The van der Waals surface area contributed by atoms with Gasteiger partial charge in [-0.25, -0.2) is 4.79 Å². The van der Waals surface area contributed by atoms with E-state index in [2.05, 4.69) is 5.32 Å². The molecule has 0 spiro atoms. The molecule has 0 heterocycles. The Hall–Kier alpha value is -2.39. The molecule has 0 fully saturated rings. The monoisotopic (exact) mass is 437 g/mol. The van der Waals surface area contributed by atoms with E-state index in [4.69, 9.17) is 16.7 Å². The SMILES string of the molecule is O=C(O)N[C@H](Cc1ccc(CC(F)(F)C(F)(F)F)cc1)[C@H](O)c1cccc(Cl)c1. The number of hydrogen-bond acceptors (Lipinski definition) is 2. The molecule has 0 bridgehead atoms. The molecule has 2 aromatic rings. The van der Waals surface area contributed by atoms with Crippen LogP contribution in [0.25, 0.3) is 0 Å². The summed E-state index contributed by atoms with van der Waals surface area (Å²) in [5, 5.41) is 22.0. The highest BCUT2D eigenvalue weighted by atomic mass is 35.5. The number of carbonyl (C=O) groups is 1. The van der Waals surface area contributed by atoms with E-state index in [1.165, 1.54) is 18.2 Å². The fourth-order valence-corrected chi connectivity index (χ4v) is 2.93. The third kappa shape index (κ3) is 6.30. The Kier molecular flexibility index (Phi) is 7.07. The fourth-order valence-electron chi connectivity index (χ4n) is 2.73. The van der Waals surface area contributed by atoms with Gasteiger partial charge in [0.25, 0.3) is 0 Å². The third-order valence-electron chi connectivity index (χ3n) is 4.20. The maximum atomic E-state index is 13.2. The lowest BCUT2D eigenvalue weighted by Gasteiger charge is -2.24. The molecule has 0 unspecified atom stereocenters. The van der Waals surface area contributed by atoms with Crippen LogP contribution in [0, 0.1) is 0 Å². The Bertz CT molecular complexity index is 842. The van der Waals surface area contributed by atoms with Crippen LogP contribution >= 0.6 is 11.6 Å². The zero-order valence-electron chi connectivity index (χ0n) is 14.8. The molecule has 4 nitrogen and oxygen atoms in total. The highest BCUT2D eigenvalue weighted by molar-refractivity contribution is 6.30. The number of halogens is 6. The minimum atomic E-state index is -5.65. The number of amides is 1. The number of benzene rings is 2. The normalized spacial score (nSPS) is 14.3. The Morgan fingerprint density at radius 2 is 1.62 bits per heavy atom. The van der Waals surface area contributed by atoms with Gasteiger partial charge in [-0.2, -0.15) is 22.0 Å². The molecule has 29 heavy (non-hydrogen) atoms. The predicted molar refractivity (Wildman–Crippen MR) is 96.2 cm³/mol. The average Bonchev–Trinajstić information content (AvgIpc) is 2.60. The quantitative estimate of drug-likeness (QED) is 0.534. The van der Waals surface area contributed by atoms with Gasteiger partial charge in [0, 0.05) is 11.4 Å². The van der Waals surface area contributed by atoms with Gasteiger partial charge in [-0.15, -0.1) is 0 Å². The highest BCUT2D eigenvalue weighted by Gasteiger charge is 2.57. The molecule has 0 aliphatic heterocycles. The van der Waals surface area contributed by atoms with Crippen molar-refractivity contribution in [2.75, 3.05) is 0 Å². The van der Waals surface area contributed by atoms with Crippen molar-refractivity contribution < 1.29 is 37.0 Å². The average molecular weight is 438 g/mol. The molecule has 158 valence electrons. The lowest BCUT2D eigenvalue weighted by molar-refractivity contribution is -0.281. The van der Waals surface area contributed by atoms with E-state index in [1.54, 1.807) is 18.2 Å². The summed E-state index contributed by atoms with van der Waals surface area (Å²) in [5.41, 5.74) is 0.566. The standard InChI is InChI=1S/C19H17ClF5NO3/c20-14-3-1-2-13(9-14)16(27)15(26-17(28)29)8-11-4-6-12(7-5-11)10-18(21,22)19(23,24)25/h1-7,9,15-16,26-27H,8,10H2,(H,28,29)/t15-,16-/m1/s1. The number of alkyl halides is 5. The van der Waals surface area contributed by atoms with Crippen LogP contribution in [-0.2, 0) is 12.8 Å². The van der Waals surface area contributed by atoms with Crippen LogP contribution in [0.15, 0.2) is 48.5 Å². The Morgan fingerprint density at radius 3 is 2.14 bits per heavy atom. The van der Waals surface area contributed by atoms with E-state index < -0.39 is 36.8 Å². The Labute approximate surface area is 167 Å². The summed E-state index contributed by atoms with van der Waals surface area (Å²) in [6, 6.07) is 10.00. The van der Waals surface area contributed by atoms with E-state index in [0.717, 1.165) is 12.1 Å². The maximum absolute atomic E-state index is 13.2. The second kappa shape index (κ2) is 8.96. The van der Waals surface area contributed by atoms with Crippen molar-refractivity contribution in [1.82, 2.24) is 5.32 Å². The molecule has 0 aromatic heterocycles. The molecule has 2 atom stereocenters. The fraction of sp³-hybridized carbons (Fsp3) is 0.316. The number of rotatable bonds is 7. The number of nitrogens with one attached hydrogen (secondary N) is 1. The first-order chi connectivity index (χ1) is 13.4. The van der Waals surface area contributed by atoms with Gasteiger partial charge in [-0.05, 0) is 35.2 Å². The van der Waals surface area contributed by atoms with Gasteiger partial charge in [-0.1, -0.05) is 48.0 Å². The summed E-state index contributed by atoms with van der Waals surface area (Å²) in [6.45, 7) is 0. The molecular weight excluding hydrogens is 421 g/mol. The van der Waals surface area contributed by atoms with Gasteiger partial charge in [0.05, 0.1) is 12.1 Å². The van der Waals surface area contributed by atoms with Crippen LogP contribution in [0.1, 0.15) is 22.8 Å². The zero-order chi connectivity index (χ0) is 21.8. The van der Waals surface area contributed by atoms with Gasteiger partial charge in [-0.3, -0.25) is 0 Å². The molecule has 10 heteroatoms. The number of carboxylic acid groups (broad SMARTS) is 1. The molecule has 0 radical (unpaired) electrons. The van der Waals surface area contributed by atoms with E-state index in [-0.39, 0.29) is 12.0 Å². The van der Waals surface area contributed by atoms with Gasteiger partial charge in [0.15, 0.2) is 0 Å².